The molecule has 0 aliphatic carbocycles. The van der Waals surface area contributed by atoms with E-state index in [0.29, 0.717) is 35.6 Å². The summed E-state index contributed by atoms with van der Waals surface area (Å²) in [7, 11) is 1.32. The third-order valence-corrected chi connectivity index (χ3v) is 4.55. The molecule has 0 saturated carbocycles. The van der Waals surface area contributed by atoms with Crippen molar-refractivity contribution < 1.29 is 19.1 Å². The Labute approximate surface area is 165 Å². The first-order valence-electron chi connectivity index (χ1n) is 9.44. The number of urea groups is 2. The van der Waals surface area contributed by atoms with Gasteiger partial charge in [-0.3, -0.25) is 4.90 Å². The normalized spacial score (nSPS) is 16.5. The molecule has 0 fully saturated rings. The topological polar surface area (TPSA) is 99.8 Å². The Kier molecular flexibility index (Phi) is 7.43. The van der Waals surface area contributed by atoms with Crippen molar-refractivity contribution >= 4 is 23.7 Å². The predicted molar refractivity (Wildman–Crippen MR) is 107 cm³/mol. The summed E-state index contributed by atoms with van der Waals surface area (Å²) in [5, 5.41) is 8.29. The SMILES string of the molecule is CCCCN1C(=O)NC(c2cccc(NC(=O)NCC)c2)C(C(=O)OC)=C1C. The van der Waals surface area contributed by atoms with Crippen LogP contribution in [-0.4, -0.2) is 43.1 Å². The predicted octanol–water partition coefficient (Wildman–Crippen LogP) is 3.14. The number of benzene rings is 1. The number of unbranched alkanes of at least 4 members (excludes halogenated alkanes) is 1. The molecule has 8 nitrogen and oxygen atoms in total. The van der Waals surface area contributed by atoms with E-state index in [0.717, 1.165) is 12.8 Å². The molecule has 1 atom stereocenters. The van der Waals surface area contributed by atoms with Crippen molar-refractivity contribution in [2.24, 2.45) is 0 Å². The minimum atomic E-state index is -0.659. The Hall–Kier alpha value is -3.03. The molecule has 0 bridgehead atoms. The second-order valence-corrected chi connectivity index (χ2v) is 6.49. The largest absolute Gasteiger partial charge is 0.466 e. The van der Waals surface area contributed by atoms with Gasteiger partial charge in [0.25, 0.3) is 0 Å². The van der Waals surface area contributed by atoms with Crippen molar-refractivity contribution in [2.75, 3.05) is 25.5 Å². The maximum Gasteiger partial charge on any atom is 0.337 e. The molecule has 1 heterocycles. The lowest BCUT2D eigenvalue weighted by Gasteiger charge is -2.35. The van der Waals surface area contributed by atoms with E-state index >= 15 is 0 Å². The Balaban J connectivity index is 2.40. The average Bonchev–Trinajstić information content (AvgIpc) is 2.67. The fraction of sp³-hybridized carbons (Fsp3) is 0.450. The molecule has 1 aliphatic heterocycles. The van der Waals surface area contributed by atoms with E-state index in [-0.39, 0.29) is 12.1 Å². The van der Waals surface area contributed by atoms with E-state index in [1.54, 1.807) is 36.1 Å². The van der Waals surface area contributed by atoms with Gasteiger partial charge in [0, 0.05) is 24.5 Å². The molecule has 3 N–H and O–H groups in total. The quantitative estimate of drug-likeness (QED) is 0.625. The van der Waals surface area contributed by atoms with Gasteiger partial charge in [0.2, 0.25) is 0 Å². The molecule has 4 amide bonds. The number of nitrogens with one attached hydrogen (secondary N) is 3. The number of carbonyl (C=O) groups excluding carboxylic acids is 3. The lowest BCUT2D eigenvalue weighted by atomic mass is 9.94. The van der Waals surface area contributed by atoms with Gasteiger partial charge in [-0.05, 0) is 38.0 Å². The molecule has 28 heavy (non-hydrogen) atoms. The van der Waals surface area contributed by atoms with Crippen molar-refractivity contribution in [1.29, 1.82) is 0 Å². The molecular formula is C20H28N4O4. The molecule has 1 aliphatic rings. The van der Waals surface area contributed by atoms with E-state index < -0.39 is 12.0 Å². The highest BCUT2D eigenvalue weighted by Gasteiger charge is 2.36. The van der Waals surface area contributed by atoms with Crippen LogP contribution in [0.3, 0.4) is 0 Å². The van der Waals surface area contributed by atoms with Gasteiger partial charge in [-0.25, -0.2) is 14.4 Å². The minimum absolute atomic E-state index is 0.259. The second kappa shape index (κ2) is 9.77. The summed E-state index contributed by atoms with van der Waals surface area (Å²) in [6, 6.07) is 5.80. The molecule has 8 heteroatoms. The highest BCUT2D eigenvalue weighted by molar-refractivity contribution is 5.95. The first-order chi connectivity index (χ1) is 13.4. The molecule has 1 aromatic rings. The van der Waals surface area contributed by atoms with Crippen molar-refractivity contribution in [3.05, 3.63) is 41.1 Å². The lowest BCUT2D eigenvalue weighted by Crippen LogP contribution is -2.48. The van der Waals surface area contributed by atoms with E-state index in [1.807, 2.05) is 13.8 Å². The van der Waals surface area contributed by atoms with Gasteiger partial charge >= 0.3 is 18.0 Å². The highest BCUT2D eigenvalue weighted by atomic mass is 16.5. The number of rotatable bonds is 7. The van der Waals surface area contributed by atoms with Crippen LogP contribution >= 0.6 is 0 Å². The van der Waals surface area contributed by atoms with E-state index in [9.17, 15) is 14.4 Å². The minimum Gasteiger partial charge on any atom is -0.466 e. The van der Waals surface area contributed by atoms with Crippen molar-refractivity contribution in [1.82, 2.24) is 15.5 Å². The molecule has 0 aromatic heterocycles. The molecule has 2 rings (SSSR count). The zero-order valence-corrected chi connectivity index (χ0v) is 16.8. The Morgan fingerprint density at radius 2 is 2.04 bits per heavy atom. The van der Waals surface area contributed by atoms with Gasteiger partial charge in [0.15, 0.2) is 0 Å². The summed E-state index contributed by atoms with van der Waals surface area (Å²) in [5.41, 5.74) is 2.20. The maximum absolute atomic E-state index is 12.6. The van der Waals surface area contributed by atoms with Crippen LogP contribution in [0.1, 0.15) is 45.2 Å². The third-order valence-electron chi connectivity index (χ3n) is 4.55. The Bertz CT molecular complexity index is 775. The second-order valence-electron chi connectivity index (χ2n) is 6.49. The zero-order chi connectivity index (χ0) is 20.7. The van der Waals surface area contributed by atoms with Crippen LogP contribution in [0.25, 0.3) is 0 Å². The summed E-state index contributed by atoms with van der Waals surface area (Å²) in [5.74, 6) is -0.494. The summed E-state index contributed by atoms with van der Waals surface area (Å²) < 4.78 is 4.97. The van der Waals surface area contributed by atoms with E-state index in [2.05, 4.69) is 16.0 Å². The van der Waals surface area contributed by atoms with Crippen LogP contribution in [0.2, 0.25) is 0 Å². The van der Waals surface area contributed by atoms with Crippen LogP contribution in [0.15, 0.2) is 35.5 Å². The van der Waals surface area contributed by atoms with E-state index in [1.165, 1.54) is 7.11 Å². The highest BCUT2D eigenvalue weighted by Crippen LogP contribution is 2.32. The number of carbonyl (C=O) groups is 3. The molecule has 152 valence electrons. The van der Waals surface area contributed by atoms with Crippen molar-refractivity contribution in [3.63, 3.8) is 0 Å². The molecule has 1 aromatic carbocycles. The number of esters is 1. The Morgan fingerprint density at radius 1 is 1.29 bits per heavy atom. The first kappa shape index (κ1) is 21.3. The van der Waals surface area contributed by atoms with Crippen molar-refractivity contribution in [3.8, 4) is 0 Å². The first-order valence-corrected chi connectivity index (χ1v) is 9.44. The maximum atomic E-state index is 12.6. The number of anilines is 1. The van der Waals surface area contributed by atoms with Gasteiger partial charge < -0.3 is 20.7 Å². The van der Waals surface area contributed by atoms with Crippen molar-refractivity contribution in [2.45, 2.75) is 39.7 Å². The zero-order valence-electron chi connectivity index (χ0n) is 16.8. The smallest absolute Gasteiger partial charge is 0.337 e. The summed E-state index contributed by atoms with van der Waals surface area (Å²) in [4.78, 5) is 38.5. The summed E-state index contributed by atoms with van der Waals surface area (Å²) in [6.07, 6.45) is 1.76. The number of hydrogen-bond acceptors (Lipinski definition) is 4. The van der Waals surface area contributed by atoms with Gasteiger partial charge in [-0.15, -0.1) is 0 Å². The van der Waals surface area contributed by atoms with E-state index in [4.69, 9.17) is 4.74 Å². The lowest BCUT2D eigenvalue weighted by molar-refractivity contribution is -0.136. The fourth-order valence-corrected chi connectivity index (χ4v) is 3.12. The standard InChI is InChI=1S/C20H28N4O4/c1-5-7-11-24-13(3)16(18(25)28-4)17(23-20(24)27)14-9-8-10-15(12-14)22-19(26)21-6-2/h8-10,12,17H,5-7,11H2,1-4H3,(H,23,27)(H2,21,22,26). The molecule has 0 radical (unpaired) electrons. The van der Waals surface area contributed by atoms with Gasteiger partial charge in [0.05, 0.1) is 18.7 Å². The number of ether oxygens (including phenoxy) is 1. The molecule has 1 unspecified atom stereocenters. The molecule has 0 spiro atoms. The van der Waals surface area contributed by atoms with Gasteiger partial charge in [-0.1, -0.05) is 25.5 Å². The summed E-state index contributed by atoms with van der Waals surface area (Å²) in [6.45, 7) is 6.66. The summed E-state index contributed by atoms with van der Waals surface area (Å²) >= 11 is 0. The molecule has 0 saturated heterocycles. The van der Waals surface area contributed by atoms with Crippen LogP contribution < -0.4 is 16.0 Å². The third kappa shape index (κ3) is 4.82. The molecular weight excluding hydrogens is 360 g/mol. The van der Waals surface area contributed by atoms with Crippen LogP contribution in [0, 0.1) is 0 Å². The van der Waals surface area contributed by atoms with Crippen LogP contribution in [0.5, 0.6) is 0 Å². The van der Waals surface area contributed by atoms with Gasteiger partial charge in [0.1, 0.15) is 0 Å². The Morgan fingerprint density at radius 3 is 2.68 bits per heavy atom. The number of amides is 4. The van der Waals surface area contributed by atoms with Gasteiger partial charge in [-0.2, -0.15) is 0 Å². The monoisotopic (exact) mass is 388 g/mol. The number of methoxy groups -OCH3 is 1. The van der Waals surface area contributed by atoms with Crippen LogP contribution in [0.4, 0.5) is 15.3 Å². The number of nitrogens with zero attached hydrogens (tertiary/aromatic N) is 1. The number of hydrogen-bond donors (Lipinski definition) is 3. The fourth-order valence-electron chi connectivity index (χ4n) is 3.12. The number of allylic oxidation sites excluding steroid dienone is 1. The van der Waals surface area contributed by atoms with Crippen LogP contribution in [-0.2, 0) is 9.53 Å². The average molecular weight is 388 g/mol.